The fourth-order valence-electron chi connectivity index (χ4n) is 11.1. The van der Waals surface area contributed by atoms with Crippen molar-refractivity contribution in [2.45, 2.75) is 117 Å². The molecule has 0 radical (unpaired) electrons. The minimum atomic E-state index is -0.146. The van der Waals surface area contributed by atoms with Gasteiger partial charge in [0.2, 0.25) is 0 Å². The van der Waals surface area contributed by atoms with Crippen molar-refractivity contribution < 1.29 is 14.3 Å². The molecule has 3 atom stereocenters. The van der Waals surface area contributed by atoms with Crippen LogP contribution in [0, 0.1) is 0 Å². The van der Waals surface area contributed by atoms with Crippen LogP contribution in [0.2, 0.25) is 0 Å². The summed E-state index contributed by atoms with van der Waals surface area (Å²) < 4.78 is 10.7. The minimum absolute atomic E-state index is 0.00526. The van der Waals surface area contributed by atoms with Crippen LogP contribution in [0.3, 0.4) is 0 Å². The van der Waals surface area contributed by atoms with E-state index in [1.807, 2.05) is 46.8 Å². The van der Waals surface area contributed by atoms with Crippen molar-refractivity contribution >= 4 is 34.5 Å². The first-order valence-electron chi connectivity index (χ1n) is 26.1. The highest BCUT2D eigenvalue weighted by atomic mass is 16.2. The lowest BCUT2D eigenvalue weighted by Crippen LogP contribution is -2.56. The summed E-state index contributed by atoms with van der Waals surface area (Å²) in [6.45, 7) is 25.5. The first-order chi connectivity index (χ1) is 33.8. The molecule has 0 saturated carbocycles. The molecule has 374 valence electrons. The topological polar surface area (TPSA) is 139 Å². The molecule has 70 heavy (non-hydrogen) atoms. The zero-order valence-corrected chi connectivity index (χ0v) is 42.5. The number of carbonyl (C=O) groups is 2. The number of hydrogen-bond acceptors (Lipinski definition) is 9. The zero-order valence-electron chi connectivity index (χ0n) is 42.5. The van der Waals surface area contributed by atoms with E-state index in [0.717, 1.165) is 110 Å². The summed E-state index contributed by atoms with van der Waals surface area (Å²) in [5.41, 5.74) is 8.76. The number of urea groups is 2. The standard InChI is InChI=1S/C52H74N16O2/c1-37(2)56-51(69)60-22-20-59(21-23-60)48-13-17-64(68-34-42(27-50(48)68)44-29-55-66(33-44)46-11-9-16-63(36-46)39(5)6)30-40(7)57-52(70)61-24-18-58(19-25-61)47-12-14-53-67-31-41(26-49(47)67)43-28-54-65(32-43)45-10-8-15-62(35-45)38(3)4/h12-14,17,26-29,31-34,37-40,45-46H,8-11,15-16,18-25,30,35-36H2,1-7H3,(H-,56,57,69,70)/p+1/t40?,45-,46+/m0/s1. The molecule has 0 aliphatic carbocycles. The van der Waals surface area contributed by atoms with Gasteiger partial charge in [0, 0.05) is 137 Å². The lowest BCUT2D eigenvalue weighted by molar-refractivity contribution is -0.764. The molecule has 0 aromatic carbocycles. The number of anilines is 2. The van der Waals surface area contributed by atoms with Crippen LogP contribution in [0.25, 0.3) is 33.3 Å². The number of likely N-dealkylation sites (tertiary alicyclic amines) is 2. The molecule has 10 rings (SSSR count). The van der Waals surface area contributed by atoms with Crippen LogP contribution in [0.5, 0.6) is 0 Å². The SMILES string of the molecule is CC(C)NC(=O)N1CCN(c2cc[n+](CC(C)NC(=O)N3CCN(c4ccnn5cc(-c6cnn([C@H]7CCCN(C(C)C)C7)c6)cc45)CC3)n3cc(-c4cnn([C@@H]5CCCN(C(C)C)C5)c4)cc23)CC1. The van der Waals surface area contributed by atoms with E-state index in [1.165, 1.54) is 12.8 Å². The number of nitrogens with zero attached hydrogens (tertiary/aromatic N) is 14. The summed E-state index contributed by atoms with van der Waals surface area (Å²) in [6, 6.07) is 10.5. The Morgan fingerprint density at radius 1 is 0.614 bits per heavy atom. The van der Waals surface area contributed by atoms with Gasteiger partial charge < -0.3 is 30.2 Å². The fraction of sp³-hybridized carbons (Fsp3) is 0.577. The number of aromatic nitrogens is 8. The summed E-state index contributed by atoms with van der Waals surface area (Å²) in [5.74, 6) is 0. The Bertz CT molecular complexity index is 2750. The van der Waals surface area contributed by atoms with E-state index in [4.69, 9.17) is 10.2 Å². The molecule has 0 bridgehead atoms. The van der Waals surface area contributed by atoms with Crippen LogP contribution in [0.15, 0.2) is 73.8 Å². The first kappa shape index (κ1) is 47.5. The summed E-state index contributed by atoms with van der Waals surface area (Å²) in [7, 11) is 0. The number of nitrogens with one attached hydrogen (secondary N) is 2. The van der Waals surface area contributed by atoms with Gasteiger partial charge in [-0.05, 0) is 105 Å². The summed E-state index contributed by atoms with van der Waals surface area (Å²) in [4.78, 5) is 40.5. The van der Waals surface area contributed by atoms with E-state index in [1.54, 1.807) is 0 Å². The molecule has 4 amide bonds. The number of fused-ring (bicyclic) bond motifs is 2. The van der Waals surface area contributed by atoms with Gasteiger partial charge in [0.1, 0.15) is 5.52 Å². The van der Waals surface area contributed by atoms with Crippen LogP contribution in [-0.2, 0) is 6.54 Å². The highest BCUT2D eigenvalue weighted by Crippen LogP contribution is 2.33. The Kier molecular flexibility index (Phi) is 13.8. The Morgan fingerprint density at radius 2 is 1.14 bits per heavy atom. The largest absolute Gasteiger partial charge is 0.366 e. The zero-order chi connectivity index (χ0) is 48.6. The molecule has 4 aliphatic rings. The van der Waals surface area contributed by atoms with E-state index in [0.29, 0.717) is 56.9 Å². The van der Waals surface area contributed by atoms with Crippen LogP contribution in [0.4, 0.5) is 21.0 Å². The second kappa shape index (κ2) is 20.3. The summed E-state index contributed by atoms with van der Waals surface area (Å²) in [6.07, 6.45) is 21.3. The average molecular weight is 956 g/mol. The number of piperazine rings is 2. The smallest absolute Gasteiger partial charge is 0.317 e. The molecule has 10 heterocycles. The predicted molar refractivity (Wildman–Crippen MR) is 274 cm³/mol. The van der Waals surface area contributed by atoms with E-state index >= 15 is 0 Å². The van der Waals surface area contributed by atoms with Crippen molar-refractivity contribution in [1.82, 2.24) is 63.9 Å². The number of rotatable bonds is 12. The lowest BCUT2D eigenvalue weighted by Gasteiger charge is -2.36. The number of amides is 4. The molecule has 0 spiro atoms. The fourth-order valence-corrected chi connectivity index (χ4v) is 11.1. The van der Waals surface area contributed by atoms with Crippen LogP contribution in [0.1, 0.15) is 86.2 Å². The number of hydrogen-bond donors (Lipinski definition) is 2. The monoisotopic (exact) mass is 956 g/mol. The van der Waals surface area contributed by atoms with Crippen molar-refractivity contribution in [2.24, 2.45) is 0 Å². The first-order valence-corrected chi connectivity index (χ1v) is 26.1. The maximum absolute atomic E-state index is 13.9. The summed E-state index contributed by atoms with van der Waals surface area (Å²) >= 11 is 0. The highest BCUT2D eigenvalue weighted by Gasteiger charge is 2.30. The Hall–Kier alpha value is -6.14. The second-order valence-electron chi connectivity index (χ2n) is 21.1. The van der Waals surface area contributed by atoms with Crippen LogP contribution >= 0.6 is 0 Å². The molecular weight excluding hydrogens is 881 g/mol. The van der Waals surface area contributed by atoms with Crippen LogP contribution in [-0.4, -0.2) is 168 Å². The van der Waals surface area contributed by atoms with Gasteiger partial charge in [0.25, 0.3) is 0 Å². The number of piperidine rings is 2. The third kappa shape index (κ3) is 10.1. The molecule has 18 heteroatoms. The van der Waals surface area contributed by atoms with Gasteiger partial charge >= 0.3 is 12.1 Å². The van der Waals surface area contributed by atoms with Crippen molar-refractivity contribution in [3.8, 4) is 22.3 Å². The van der Waals surface area contributed by atoms with Gasteiger partial charge in [-0.15, -0.1) is 9.20 Å². The van der Waals surface area contributed by atoms with Crippen LogP contribution < -0.4 is 25.1 Å². The van der Waals surface area contributed by atoms with Crippen molar-refractivity contribution in [1.29, 1.82) is 0 Å². The minimum Gasteiger partial charge on any atom is -0.366 e. The molecular formula is C52H75N16O2+. The second-order valence-corrected chi connectivity index (χ2v) is 21.1. The third-order valence-corrected chi connectivity index (χ3v) is 15.2. The Morgan fingerprint density at radius 3 is 1.70 bits per heavy atom. The van der Waals surface area contributed by atoms with Gasteiger partial charge in [0.05, 0.1) is 53.6 Å². The van der Waals surface area contributed by atoms with Crippen molar-refractivity contribution in [3.63, 3.8) is 0 Å². The molecule has 4 fully saturated rings. The van der Waals surface area contributed by atoms with E-state index < -0.39 is 0 Å². The average Bonchev–Trinajstić information content (AvgIpc) is 4.21. The maximum Gasteiger partial charge on any atom is 0.317 e. The van der Waals surface area contributed by atoms with E-state index in [-0.39, 0.29) is 24.1 Å². The maximum atomic E-state index is 13.9. The molecule has 4 saturated heterocycles. The number of carbonyl (C=O) groups excluding carboxylic acids is 2. The summed E-state index contributed by atoms with van der Waals surface area (Å²) in [5, 5.41) is 20.8. The third-order valence-electron chi connectivity index (χ3n) is 15.2. The lowest BCUT2D eigenvalue weighted by atomic mass is 10.0. The Labute approximate surface area is 412 Å². The predicted octanol–water partition coefficient (Wildman–Crippen LogP) is 5.85. The van der Waals surface area contributed by atoms with E-state index in [9.17, 15) is 9.59 Å². The van der Waals surface area contributed by atoms with Gasteiger partial charge in [-0.2, -0.15) is 15.3 Å². The van der Waals surface area contributed by atoms with Gasteiger partial charge in [-0.25, -0.2) is 14.1 Å². The van der Waals surface area contributed by atoms with Gasteiger partial charge in [0.15, 0.2) is 12.7 Å². The molecule has 6 aromatic rings. The van der Waals surface area contributed by atoms with E-state index in [2.05, 4.69) is 144 Å². The molecule has 18 nitrogen and oxygen atoms in total. The highest BCUT2D eigenvalue weighted by molar-refractivity contribution is 5.81. The quantitative estimate of drug-likeness (QED) is 0.145. The molecule has 1 unspecified atom stereocenters. The molecule has 6 aromatic heterocycles. The normalized spacial score (nSPS) is 20.4. The van der Waals surface area contributed by atoms with Crippen molar-refractivity contribution in [2.75, 3.05) is 88.3 Å². The molecule has 4 aliphatic heterocycles. The van der Waals surface area contributed by atoms with Gasteiger partial charge in [-0.1, -0.05) is 0 Å². The Balaban J connectivity index is 0.806. The molecule has 2 N–H and O–H groups in total. The van der Waals surface area contributed by atoms with Crippen molar-refractivity contribution in [3.05, 3.63) is 73.8 Å². The van der Waals surface area contributed by atoms with Gasteiger partial charge in [-0.3, -0.25) is 19.2 Å².